The average molecular weight is 372 g/mol. The van der Waals surface area contributed by atoms with Gasteiger partial charge in [0.15, 0.2) is 0 Å². The Morgan fingerprint density at radius 1 is 1.48 bits per heavy atom. The molecule has 7 heteroatoms. The van der Waals surface area contributed by atoms with E-state index in [1.807, 2.05) is 23.4 Å². The second-order valence-corrected chi connectivity index (χ2v) is 7.35. The zero-order valence-electron chi connectivity index (χ0n) is 15.9. The lowest BCUT2D eigenvalue weighted by Crippen LogP contribution is -2.49. The van der Waals surface area contributed by atoms with Gasteiger partial charge in [-0.25, -0.2) is 0 Å². The van der Waals surface area contributed by atoms with Crippen LogP contribution in [0.1, 0.15) is 24.8 Å². The van der Waals surface area contributed by atoms with Gasteiger partial charge in [0.05, 0.1) is 18.3 Å². The number of rotatable bonds is 8. The monoisotopic (exact) mass is 372 g/mol. The Bertz CT molecular complexity index is 781. The first kappa shape index (κ1) is 18.4. The molecule has 1 saturated carbocycles. The van der Waals surface area contributed by atoms with Crippen LogP contribution in [0.5, 0.6) is 0 Å². The van der Waals surface area contributed by atoms with Crippen LogP contribution >= 0.6 is 0 Å². The highest BCUT2D eigenvalue weighted by Gasteiger charge is 2.37. The van der Waals surface area contributed by atoms with E-state index < -0.39 is 0 Å². The van der Waals surface area contributed by atoms with E-state index in [2.05, 4.69) is 21.1 Å². The van der Waals surface area contributed by atoms with Crippen LogP contribution in [0.3, 0.4) is 0 Å². The third-order valence-corrected chi connectivity index (χ3v) is 5.33. The topological polar surface area (TPSA) is 68.6 Å². The van der Waals surface area contributed by atoms with Crippen molar-refractivity contribution >= 4 is 16.8 Å². The molecule has 146 valence electrons. The second kappa shape index (κ2) is 8.37. The molecule has 1 amide bonds. The number of carbonyl (C=O) groups is 1. The first-order valence-corrected chi connectivity index (χ1v) is 9.81. The molecule has 1 atom stereocenters. The molecular formula is C20H28N4O3. The van der Waals surface area contributed by atoms with Gasteiger partial charge in [-0.15, -0.1) is 0 Å². The summed E-state index contributed by atoms with van der Waals surface area (Å²) >= 11 is 0. The molecular weight excluding hydrogens is 344 g/mol. The van der Waals surface area contributed by atoms with Crippen molar-refractivity contribution in [1.29, 1.82) is 0 Å². The van der Waals surface area contributed by atoms with Gasteiger partial charge in [0.2, 0.25) is 0 Å². The Hall–Kier alpha value is -1.96. The standard InChI is InChI=1S/C20H28N4O3/c1-26-9-2-8-23-13-15(17-5-6-21-11-18(17)23)14-24(16-3-4-16)20(25)19-12-22-7-10-27-19/h5-6,11,13,16,19,22H,2-4,7-10,12,14H2,1H3/t19-/m1/s1. The van der Waals surface area contributed by atoms with Crippen molar-refractivity contribution in [3.05, 3.63) is 30.2 Å². The van der Waals surface area contributed by atoms with Gasteiger partial charge in [0.25, 0.3) is 5.91 Å². The predicted molar refractivity (Wildman–Crippen MR) is 102 cm³/mol. The Morgan fingerprint density at radius 3 is 3.11 bits per heavy atom. The van der Waals surface area contributed by atoms with Crippen LogP contribution in [0.4, 0.5) is 0 Å². The van der Waals surface area contributed by atoms with Crippen LogP contribution in [0.25, 0.3) is 10.9 Å². The highest BCUT2D eigenvalue weighted by Crippen LogP contribution is 2.31. The fourth-order valence-electron chi connectivity index (χ4n) is 3.77. The van der Waals surface area contributed by atoms with E-state index in [-0.39, 0.29) is 12.0 Å². The van der Waals surface area contributed by atoms with Gasteiger partial charge in [-0.1, -0.05) is 0 Å². The number of methoxy groups -OCH3 is 1. The van der Waals surface area contributed by atoms with E-state index in [4.69, 9.17) is 9.47 Å². The van der Waals surface area contributed by atoms with E-state index in [0.717, 1.165) is 44.5 Å². The van der Waals surface area contributed by atoms with Gasteiger partial charge in [-0.3, -0.25) is 9.78 Å². The molecule has 1 aliphatic heterocycles. The smallest absolute Gasteiger partial charge is 0.253 e. The zero-order valence-corrected chi connectivity index (χ0v) is 15.9. The molecule has 0 spiro atoms. The van der Waals surface area contributed by atoms with E-state index in [0.29, 0.717) is 25.7 Å². The van der Waals surface area contributed by atoms with Crippen LogP contribution in [-0.2, 0) is 27.4 Å². The number of carbonyl (C=O) groups excluding carboxylic acids is 1. The number of amides is 1. The van der Waals surface area contributed by atoms with Crippen molar-refractivity contribution in [3.8, 4) is 0 Å². The summed E-state index contributed by atoms with van der Waals surface area (Å²) in [6, 6.07) is 2.39. The molecule has 27 heavy (non-hydrogen) atoms. The average Bonchev–Trinajstić information content (AvgIpc) is 3.50. The maximum absolute atomic E-state index is 13.1. The normalized spacial score (nSPS) is 20.1. The number of morpholine rings is 1. The summed E-state index contributed by atoms with van der Waals surface area (Å²) in [6.45, 7) is 4.25. The van der Waals surface area contributed by atoms with E-state index in [1.54, 1.807) is 7.11 Å². The fourth-order valence-corrected chi connectivity index (χ4v) is 3.77. The molecule has 2 aromatic rings. The maximum Gasteiger partial charge on any atom is 0.253 e. The largest absolute Gasteiger partial charge is 0.385 e. The molecule has 1 N–H and O–H groups in total. The number of hydrogen-bond acceptors (Lipinski definition) is 5. The zero-order chi connectivity index (χ0) is 18.6. The van der Waals surface area contributed by atoms with Crippen molar-refractivity contribution in [1.82, 2.24) is 19.8 Å². The number of aromatic nitrogens is 2. The second-order valence-electron chi connectivity index (χ2n) is 7.35. The molecule has 4 rings (SSSR count). The highest BCUT2D eigenvalue weighted by molar-refractivity contribution is 5.85. The summed E-state index contributed by atoms with van der Waals surface area (Å²) in [4.78, 5) is 19.4. The van der Waals surface area contributed by atoms with Gasteiger partial charge in [-0.2, -0.15) is 0 Å². The lowest BCUT2D eigenvalue weighted by molar-refractivity contribution is -0.146. The lowest BCUT2D eigenvalue weighted by Gasteiger charge is -2.30. The molecule has 0 aromatic carbocycles. The Morgan fingerprint density at radius 2 is 2.37 bits per heavy atom. The number of aryl methyl sites for hydroxylation is 1. The van der Waals surface area contributed by atoms with E-state index >= 15 is 0 Å². The van der Waals surface area contributed by atoms with Crippen LogP contribution in [-0.4, -0.2) is 65.9 Å². The number of hydrogen-bond donors (Lipinski definition) is 1. The Balaban J connectivity index is 1.56. The third kappa shape index (κ3) is 4.15. The Kier molecular flexibility index (Phi) is 5.71. The molecule has 7 nitrogen and oxygen atoms in total. The molecule has 0 unspecified atom stereocenters. The predicted octanol–water partition coefficient (Wildman–Crippen LogP) is 1.55. The van der Waals surface area contributed by atoms with Crippen molar-refractivity contribution in [2.45, 2.75) is 44.5 Å². The number of nitrogens with one attached hydrogen (secondary N) is 1. The van der Waals surface area contributed by atoms with Crippen molar-refractivity contribution in [2.75, 3.05) is 33.4 Å². The minimum Gasteiger partial charge on any atom is -0.385 e. The van der Waals surface area contributed by atoms with Crippen molar-refractivity contribution in [3.63, 3.8) is 0 Å². The number of ether oxygens (including phenoxy) is 2. The minimum atomic E-state index is -0.365. The third-order valence-electron chi connectivity index (χ3n) is 5.33. The molecule has 1 aliphatic carbocycles. The molecule has 2 aromatic heterocycles. The molecule has 3 heterocycles. The first-order valence-electron chi connectivity index (χ1n) is 9.81. The first-order chi connectivity index (χ1) is 13.3. The highest BCUT2D eigenvalue weighted by atomic mass is 16.5. The molecule has 0 bridgehead atoms. The quantitative estimate of drug-likeness (QED) is 0.712. The molecule has 1 saturated heterocycles. The van der Waals surface area contributed by atoms with Gasteiger partial charge in [0.1, 0.15) is 6.10 Å². The van der Waals surface area contributed by atoms with Crippen LogP contribution in [0, 0.1) is 0 Å². The van der Waals surface area contributed by atoms with Gasteiger partial charge < -0.3 is 24.3 Å². The summed E-state index contributed by atoms with van der Waals surface area (Å²) in [7, 11) is 1.72. The molecule has 0 radical (unpaired) electrons. The Labute approximate surface area is 159 Å². The van der Waals surface area contributed by atoms with Crippen LogP contribution in [0.2, 0.25) is 0 Å². The SMILES string of the molecule is COCCCn1cc(CN(C(=O)[C@H]2CNCCO2)C2CC2)c2ccncc21. The number of pyridine rings is 1. The van der Waals surface area contributed by atoms with E-state index in [9.17, 15) is 4.79 Å². The molecule has 2 fully saturated rings. The van der Waals surface area contributed by atoms with Crippen molar-refractivity contribution in [2.24, 2.45) is 0 Å². The summed E-state index contributed by atoms with van der Waals surface area (Å²) in [5, 5.41) is 4.43. The van der Waals surface area contributed by atoms with Gasteiger partial charge in [-0.05, 0) is 30.9 Å². The van der Waals surface area contributed by atoms with E-state index in [1.165, 1.54) is 10.9 Å². The summed E-state index contributed by atoms with van der Waals surface area (Å²) in [6.07, 6.45) is 8.65. The number of nitrogens with zero attached hydrogens (tertiary/aromatic N) is 3. The lowest BCUT2D eigenvalue weighted by atomic mass is 10.1. The van der Waals surface area contributed by atoms with Crippen LogP contribution in [0.15, 0.2) is 24.7 Å². The maximum atomic E-state index is 13.1. The van der Waals surface area contributed by atoms with Gasteiger partial charge >= 0.3 is 0 Å². The fraction of sp³-hybridized carbons (Fsp3) is 0.600. The summed E-state index contributed by atoms with van der Waals surface area (Å²) < 4.78 is 13.1. The summed E-state index contributed by atoms with van der Waals surface area (Å²) in [5.74, 6) is 0.110. The van der Waals surface area contributed by atoms with Crippen molar-refractivity contribution < 1.29 is 14.3 Å². The summed E-state index contributed by atoms with van der Waals surface area (Å²) in [5.41, 5.74) is 2.29. The minimum absolute atomic E-state index is 0.110. The van der Waals surface area contributed by atoms with Crippen LogP contribution < -0.4 is 5.32 Å². The molecule has 2 aliphatic rings. The van der Waals surface area contributed by atoms with Gasteiger partial charge in [0, 0.05) is 63.7 Å². The number of fused-ring (bicyclic) bond motifs is 1.